The molecule has 1 aliphatic rings. The smallest absolute Gasteiger partial charge is 0.282 e. The normalized spacial score (nSPS) is 13.6. The van der Waals surface area contributed by atoms with E-state index < -0.39 is 5.91 Å². The first-order chi connectivity index (χ1) is 16.3. The highest BCUT2D eigenvalue weighted by molar-refractivity contribution is 6.46. The predicted octanol–water partition coefficient (Wildman–Crippen LogP) is 5.50. The number of amides is 2. The van der Waals surface area contributed by atoms with Crippen molar-refractivity contribution in [3.63, 3.8) is 0 Å². The third-order valence-electron chi connectivity index (χ3n) is 5.57. The van der Waals surface area contributed by atoms with Crippen molar-refractivity contribution < 1.29 is 19.1 Å². The van der Waals surface area contributed by atoms with Crippen molar-refractivity contribution in [3.8, 4) is 11.5 Å². The van der Waals surface area contributed by atoms with Crippen LogP contribution in [0.25, 0.3) is 5.57 Å². The lowest BCUT2D eigenvalue weighted by atomic mass is 10.0. The topological polar surface area (TPSA) is 67.9 Å². The molecule has 0 fully saturated rings. The number of nitrogens with one attached hydrogen (secondary N) is 1. The monoisotopic (exact) mass is 456 g/mol. The third-order valence-corrected chi connectivity index (χ3v) is 5.57. The Morgan fingerprint density at radius 1 is 0.882 bits per heavy atom. The molecule has 1 aliphatic heterocycles. The summed E-state index contributed by atoms with van der Waals surface area (Å²) >= 11 is 0. The van der Waals surface area contributed by atoms with Gasteiger partial charge in [-0.25, -0.2) is 4.90 Å². The van der Waals surface area contributed by atoms with Gasteiger partial charge in [-0.1, -0.05) is 36.4 Å². The van der Waals surface area contributed by atoms with Crippen LogP contribution in [0.2, 0.25) is 0 Å². The summed E-state index contributed by atoms with van der Waals surface area (Å²) in [5.74, 6) is 0.470. The summed E-state index contributed by atoms with van der Waals surface area (Å²) in [6, 6.07) is 20.2. The number of nitrogens with zero attached hydrogens (tertiary/aromatic N) is 1. The van der Waals surface area contributed by atoms with Gasteiger partial charge in [0, 0.05) is 0 Å². The number of hydrogen-bond donors (Lipinski definition) is 1. The summed E-state index contributed by atoms with van der Waals surface area (Å²) in [5.41, 5.74) is 4.10. The zero-order valence-electron chi connectivity index (χ0n) is 20.0. The number of para-hydroxylation sites is 2. The van der Waals surface area contributed by atoms with E-state index >= 15 is 0 Å². The Bertz CT molecular complexity index is 1280. The molecule has 6 heteroatoms. The Balaban J connectivity index is 1.83. The number of methoxy groups -OCH3 is 1. The Labute approximate surface area is 199 Å². The fourth-order valence-corrected chi connectivity index (χ4v) is 3.95. The van der Waals surface area contributed by atoms with Crippen LogP contribution in [0, 0.1) is 13.8 Å². The highest BCUT2D eigenvalue weighted by Gasteiger charge is 2.41. The molecule has 0 spiro atoms. The van der Waals surface area contributed by atoms with Crippen LogP contribution < -0.4 is 19.7 Å². The zero-order valence-corrected chi connectivity index (χ0v) is 20.0. The molecule has 3 aromatic carbocycles. The van der Waals surface area contributed by atoms with E-state index in [4.69, 9.17) is 9.47 Å². The predicted molar refractivity (Wildman–Crippen MR) is 134 cm³/mol. The number of hydrogen-bond acceptors (Lipinski definition) is 5. The van der Waals surface area contributed by atoms with E-state index in [1.54, 1.807) is 43.5 Å². The molecule has 0 aliphatic carbocycles. The first kappa shape index (κ1) is 23.1. The van der Waals surface area contributed by atoms with E-state index in [2.05, 4.69) is 5.32 Å². The third kappa shape index (κ3) is 4.39. The number of ether oxygens (including phenoxy) is 2. The molecule has 0 saturated carbocycles. The van der Waals surface area contributed by atoms with Crippen molar-refractivity contribution in [2.24, 2.45) is 0 Å². The first-order valence-corrected chi connectivity index (χ1v) is 11.2. The van der Waals surface area contributed by atoms with E-state index in [0.29, 0.717) is 34.0 Å². The van der Waals surface area contributed by atoms with Crippen molar-refractivity contribution >= 4 is 28.8 Å². The van der Waals surface area contributed by atoms with Gasteiger partial charge in [0.2, 0.25) is 0 Å². The molecule has 6 nitrogen and oxygen atoms in total. The van der Waals surface area contributed by atoms with Gasteiger partial charge in [-0.3, -0.25) is 9.59 Å². The number of aryl methyl sites for hydroxylation is 2. The van der Waals surface area contributed by atoms with Gasteiger partial charge in [0.15, 0.2) is 0 Å². The number of rotatable bonds is 7. The highest BCUT2D eigenvalue weighted by atomic mass is 16.5. The van der Waals surface area contributed by atoms with Gasteiger partial charge in [0.05, 0.1) is 30.2 Å². The van der Waals surface area contributed by atoms with E-state index in [-0.39, 0.29) is 17.7 Å². The van der Waals surface area contributed by atoms with Crippen molar-refractivity contribution in [3.05, 3.63) is 89.1 Å². The van der Waals surface area contributed by atoms with Gasteiger partial charge < -0.3 is 14.8 Å². The molecule has 2 amide bonds. The Morgan fingerprint density at radius 3 is 2.26 bits per heavy atom. The first-order valence-electron chi connectivity index (χ1n) is 11.2. The average Bonchev–Trinajstić information content (AvgIpc) is 3.05. The van der Waals surface area contributed by atoms with Crippen LogP contribution in [0.5, 0.6) is 11.5 Å². The maximum atomic E-state index is 13.7. The van der Waals surface area contributed by atoms with Crippen molar-refractivity contribution in [2.75, 3.05) is 17.3 Å². The molecule has 4 rings (SSSR count). The molecule has 1 heterocycles. The second-order valence-corrected chi connectivity index (χ2v) is 8.50. The van der Waals surface area contributed by atoms with Crippen LogP contribution in [0.15, 0.2) is 72.4 Å². The van der Waals surface area contributed by atoms with Crippen LogP contribution in [0.4, 0.5) is 11.4 Å². The number of imide groups is 1. The SMILES string of the molecule is COc1ccccc1NC1=C(c2ccc(OC(C)C)cc2)C(=O)N(c2cc(C)ccc2C)C1=O. The molecule has 0 aromatic heterocycles. The average molecular weight is 457 g/mol. The minimum absolute atomic E-state index is 0.0299. The Morgan fingerprint density at radius 2 is 1.59 bits per heavy atom. The van der Waals surface area contributed by atoms with Crippen molar-refractivity contribution in [1.29, 1.82) is 0 Å². The summed E-state index contributed by atoms with van der Waals surface area (Å²) in [6.45, 7) is 7.72. The lowest BCUT2D eigenvalue weighted by molar-refractivity contribution is -0.120. The standard InChI is InChI=1S/C28H28N2O4/c1-17(2)34-21-14-12-20(13-15-21)25-26(29-22-8-6-7-9-24(22)33-5)28(32)30(27(25)31)23-16-18(3)10-11-19(23)4/h6-17,29H,1-5H3. The number of carbonyl (C=O) groups is 2. The van der Waals surface area contributed by atoms with Crippen LogP contribution in [-0.2, 0) is 9.59 Å². The van der Waals surface area contributed by atoms with Crippen molar-refractivity contribution in [2.45, 2.75) is 33.8 Å². The second-order valence-electron chi connectivity index (χ2n) is 8.50. The molecule has 34 heavy (non-hydrogen) atoms. The molecular formula is C28H28N2O4. The van der Waals surface area contributed by atoms with Gasteiger partial charge >= 0.3 is 0 Å². The van der Waals surface area contributed by atoms with E-state index in [9.17, 15) is 9.59 Å². The maximum Gasteiger partial charge on any atom is 0.282 e. The van der Waals surface area contributed by atoms with E-state index in [1.807, 2.05) is 58.0 Å². The Hall–Kier alpha value is -4.06. The van der Waals surface area contributed by atoms with Crippen LogP contribution in [-0.4, -0.2) is 25.0 Å². The molecule has 0 radical (unpaired) electrons. The largest absolute Gasteiger partial charge is 0.495 e. The fraction of sp³-hybridized carbons (Fsp3) is 0.214. The molecule has 174 valence electrons. The van der Waals surface area contributed by atoms with Gasteiger partial charge in [-0.15, -0.1) is 0 Å². The minimum atomic E-state index is -0.415. The Kier molecular flexibility index (Phi) is 6.41. The maximum absolute atomic E-state index is 13.7. The fourth-order valence-electron chi connectivity index (χ4n) is 3.95. The lowest BCUT2D eigenvalue weighted by Gasteiger charge is -2.18. The molecular weight excluding hydrogens is 428 g/mol. The molecule has 0 atom stereocenters. The van der Waals surface area contributed by atoms with Crippen LogP contribution >= 0.6 is 0 Å². The van der Waals surface area contributed by atoms with E-state index in [1.165, 1.54) is 4.90 Å². The summed E-state index contributed by atoms with van der Waals surface area (Å²) < 4.78 is 11.2. The van der Waals surface area contributed by atoms with E-state index in [0.717, 1.165) is 11.1 Å². The van der Waals surface area contributed by atoms with Gasteiger partial charge in [-0.2, -0.15) is 0 Å². The summed E-state index contributed by atoms with van der Waals surface area (Å²) in [5, 5.41) is 3.18. The molecule has 0 unspecified atom stereocenters. The van der Waals surface area contributed by atoms with Gasteiger partial charge in [0.1, 0.15) is 17.2 Å². The van der Waals surface area contributed by atoms with Gasteiger partial charge in [0.25, 0.3) is 11.8 Å². The highest BCUT2D eigenvalue weighted by Crippen LogP contribution is 2.37. The van der Waals surface area contributed by atoms with Gasteiger partial charge in [-0.05, 0) is 74.7 Å². The van der Waals surface area contributed by atoms with Crippen LogP contribution in [0.3, 0.4) is 0 Å². The minimum Gasteiger partial charge on any atom is -0.495 e. The summed E-state index contributed by atoms with van der Waals surface area (Å²) in [7, 11) is 1.56. The quantitative estimate of drug-likeness (QED) is 0.476. The molecule has 0 saturated heterocycles. The summed E-state index contributed by atoms with van der Waals surface area (Å²) in [4.78, 5) is 28.7. The molecule has 1 N–H and O–H groups in total. The van der Waals surface area contributed by atoms with Crippen LogP contribution in [0.1, 0.15) is 30.5 Å². The number of carbonyl (C=O) groups excluding carboxylic acids is 2. The second kappa shape index (κ2) is 9.43. The summed E-state index contributed by atoms with van der Waals surface area (Å²) in [6.07, 6.45) is 0.0299. The van der Waals surface area contributed by atoms with Crippen molar-refractivity contribution in [1.82, 2.24) is 0 Å². The number of anilines is 2. The number of benzene rings is 3. The lowest BCUT2D eigenvalue weighted by Crippen LogP contribution is -2.33. The molecule has 3 aromatic rings. The zero-order chi connectivity index (χ0) is 24.4. The molecule has 0 bridgehead atoms.